The van der Waals surface area contributed by atoms with Crippen molar-refractivity contribution in [2.75, 3.05) is 26.7 Å². The quantitative estimate of drug-likeness (QED) is 0.745. The fourth-order valence-electron chi connectivity index (χ4n) is 3.01. The van der Waals surface area contributed by atoms with Crippen molar-refractivity contribution in [3.05, 3.63) is 65.5 Å². The summed E-state index contributed by atoms with van der Waals surface area (Å²) >= 11 is 0. The normalized spacial score (nSPS) is 12.0. The van der Waals surface area contributed by atoms with E-state index < -0.39 is 0 Å². The second-order valence-electron chi connectivity index (χ2n) is 6.12. The zero-order chi connectivity index (χ0) is 18.9. The van der Waals surface area contributed by atoms with Crippen LogP contribution in [0.2, 0.25) is 0 Å². The van der Waals surface area contributed by atoms with E-state index in [-0.39, 0.29) is 24.2 Å². The van der Waals surface area contributed by atoms with Gasteiger partial charge in [0.1, 0.15) is 11.6 Å². The molecule has 1 amide bonds. The number of carbonyl (C=O) groups excluding carboxylic acids is 1. The summed E-state index contributed by atoms with van der Waals surface area (Å²) in [5.74, 6) is 0.449. The molecular weight excluding hydrogens is 331 g/mol. The Hall–Kier alpha value is -2.40. The number of nitrogens with one attached hydrogen (secondary N) is 1. The second-order valence-corrected chi connectivity index (χ2v) is 6.12. The molecule has 0 bridgehead atoms. The lowest BCUT2D eigenvalue weighted by molar-refractivity contribution is -0.120. The zero-order valence-electron chi connectivity index (χ0n) is 15.7. The number of nitrogens with zero attached hydrogens (tertiary/aromatic N) is 1. The molecular formula is C21H27FN2O2. The molecule has 2 aromatic rings. The number of amides is 1. The van der Waals surface area contributed by atoms with Gasteiger partial charge in [0.15, 0.2) is 0 Å². The molecule has 0 aliphatic heterocycles. The van der Waals surface area contributed by atoms with Crippen LogP contribution in [0.15, 0.2) is 48.5 Å². The molecule has 0 saturated carbocycles. The van der Waals surface area contributed by atoms with Gasteiger partial charge in [0.2, 0.25) is 5.91 Å². The molecule has 0 aliphatic rings. The smallest absolute Gasteiger partial charge is 0.224 e. The Morgan fingerprint density at radius 2 is 1.69 bits per heavy atom. The van der Waals surface area contributed by atoms with E-state index in [1.54, 1.807) is 19.2 Å². The lowest BCUT2D eigenvalue weighted by Crippen LogP contribution is -2.38. The van der Waals surface area contributed by atoms with Gasteiger partial charge in [-0.1, -0.05) is 38.1 Å². The minimum absolute atomic E-state index is 0.0673. The highest BCUT2D eigenvalue weighted by Crippen LogP contribution is 2.22. The van der Waals surface area contributed by atoms with Crippen LogP contribution in [-0.4, -0.2) is 37.6 Å². The first-order valence-electron chi connectivity index (χ1n) is 8.96. The summed E-state index contributed by atoms with van der Waals surface area (Å²) in [7, 11) is 1.65. The molecule has 0 spiro atoms. The standard InChI is InChI=1S/C21H27FN2O2/c1-4-24(5-2)20(17-8-12-19(26-3)13-9-17)15-23-21(25)14-16-6-10-18(22)11-7-16/h6-13,20H,4-5,14-15H2,1-3H3,(H,23,25). The first kappa shape index (κ1) is 19.9. The van der Waals surface area contributed by atoms with Crippen LogP contribution in [0.25, 0.3) is 0 Å². The van der Waals surface area contributed by atoms with Gasteiger partial charge in [-0.3, -0.25) is 9.69 Å². The van der Waals surface area contributed by atoms with Crippen LogP contribution in [0.1, 0.15) is 31.0 Å². The number of likely N-dealkylation sites (N-methyl/N-ethyl adjacent to an activating group) is 1. The molecule has 2 rings (SSSR count). The van der Waals surface area contributed by atoms with Crippen LogP contribution in [0.4, 0.5) is 4.39 Å². The van der Waals surface area contributed by atoms with E-state index in [4.69, 9.17) is 4.74 Å². The first-order chi connectivity index (χ1) is 12.6. The molecule has 1 atom stereocenters. The van der Waals surface area contributed by atoms with E-state index in [0.29, 0.717) is 6.54 Å². The fraction of sp³-hybridized carbons (Fsp3) is 0.381. The molecule has 26 heavy (non-hydrogen) atoms. The van der Waals surface area contributed by atoms with Gasteiger partial charge in [-0.25, -0.2) is 4.39 Å². The molecule has 4 nitrogen and oxygen atoms in total. The maximum Gasteiger partial charge on any atom is 0.224 e. The van der Waals surface area contributed by atoms with Crippen molar-refractivity contribution >= 4 is 5.91 Å². The van der Waals surface area contributed by atoms with Crippen molar-refractivity contribution in [3.8, 4) is 5.75 Å². The number of carbonyl (C=O) groups is 1. The molecule has 1 unspecified atom stereocenters. The lowest BCUT2D eigenvalue weighted by Gasteiger charge is -2.30. The highest BCUT2D eigenvalue weighted by molar-refractivity contribution is 5.78. The minimum atomic E-state index is -0.296. The molecule has 1 N–H and O–H groups in total. The summed E-state index contributed by atoms with van der Waals surface area (Å²) in [6.45, 7) is 6.52. The average Bonchev–Trinajstić information content (AvgIpc) is 2.67. The minimum Gasteiger partial charge on any atom is -0.497 e. The number of rotatable bonds is 9. The average molecular weight is 358 g/mol. The van der Waals surface area contributed by atoms with Crippen molar-refractivity contribution in [1.82, 2.24) is 10.2 Å². The first-order valence-corrected chi connectivity index (χ1v) is 8.96. The summed E-state index contributed by atoms with van der Waals surface area (Å²) in [5.41, 5.74) is 1.93. The predicted octanol–water partition coefficient (Wildman–Crippen LogP) is 3.58. The van der Waals surface area contributed by atoms with E-state index in [1.165, 1.54) is 12.1 Å². The number of benzene rings is 2. The molecule has 140 valence electrons. The largest absolute Gasteiger partial charge is 0.497 e. The summed E-state index contributed by atoms with van der Waals surface area (Å²) in [6.07, 6.45) is 0.244. The van der Waals surface area contributed by atoms with Crippen LogP contribution in [0.3, 0.4) is 0 Å². The number of ether oxygens (including phenoxy) is 1. The van der Waals surface area contributed by atoms with E-state index in [9.17, 15) is 9.18 Å². The molecule has 0 heterocycles. The highest BCUT2D eigenvalue weighted by atomic mass is 19.1. The highest BCUT2D eigenvalue weighted by Gasteiger charge is 2.19. The monoisotopic (exact) mass is 358 g/mol. The maximum atomic E-state index is 13.0. The number of hydrogen-bond donors (Lipinski definition) is 1. The molecule has 0 fully saturated rings. The molecule has 0 radical (unpaired) electrons. The van der Waals surface area contributed by atoms with Crippen molar-refractivity contribution in [3.63, 3.8) is 0 Å². The van der Waals surface area contributed by atoms with Gasteiger partial charge in [0.25, 0.3) is 0 Å². The van der Waals surface area contributed by atoms with Gasteiger partial charge in [-0.05, 0) is 48.5 Å². The molecule has 2 aromatic carbocycles. The van der Waals surface area contributed by atoms with Gasteiger partial charge < -0.3 is 10.1 Å². The van der Waals surface area contributed by atoms with Crippen molar-refractivity contribution < 1.29 is 13.9 Å². The van der Waals surface area contributed by atoms with Crippen molar-refractivity contribution in [1.29, 1.82) is 0 Å². The van der Waals surface area contributed by atoms with E-state index >= 15 is 0 Å². The summed E-state index contributed by atoms with van der Waals surface area (Å²) in [4.78, 5) is 14.6. The Labute approximate surface area is 155 Å². The maximum absolute atomic E-state index is 13.0. The number of methoxy groups -OCH3 is 1. The fourth-order valence-corrected chi connectivity index (χ4v) is 3.01. The van der Waals surface area contributed by atoms with E-state index in [1.807, 2.05) is 24.3 Å². The Balaban J connectivity index is 2.03. The third kappa shape index (κ3) is 5.56. The van der Waals surface area contributed by atoms with Gasteiger partial charge in [0.05, 0.1) is 19.6 Å². The van der Waals surface area contributed by atoms with Gasteiger partial charge >= 0.3 is 0 Å². The topological polar surface area (TPSA) is 41.6 Å². The van der Waals surface area contributed by atoms with Crippen LogP contribution in [0.5, 0.6) is 5.75 Å². The Morgan fingerprint density at radius 1 is 1.08 bits per heavy atom. The SMILES string of the molecule is CCN(CC)C(CNC(=O)Cc1ccc(F)cc1)c1ccc(OC)cc1. The van der Waals surface area contributed by atoms with E-state index in [0.717, 1.165) is 30.0 Å². The Bertz CT molecular complexity index is 682. The lowest BCUT2D eigenvalue weighted by atomic mass is 10.0. The Morgan fingerprint density at radius 3 is 2.23 bits per heavy atom. The van der Waals surface area contributed by atoms with Crippen molar-refractivity contribution in [2.45, 2.75) is 26.3 Å². The Kier molecular flexibility index (Phi) is 7.60. The summed E-state index contributed by atoms with van der Waals surface area (Å²) < 4.78 is 18.2. The van der Waals surface area contributed by atoms with Gasteiger partial charge in [0, 0.05) is 6.54 Å². The number of hydrogen-bond acceptors (Lipinski definition) is 3. The summed E-state index contributed by atoms with van der Waals surface area (Å²) in [6, 6.07) is 14.1. The second kappa shape index (κ2) is 9.92. The van der Waals surface area contributed by atoms with Crippen LogP contribution >= 0.6 is 0 Å². The van der Waals surface area contributed by atoms with Crippen LogP contribution in [0, 0.1) is 5.82 Å². The van der Waals surface area contributed by atoms with Gasteiger partial charge in [-0.2, -0.15) is 0 Å². The molecule has 5 heteroatoms. The third-order valence-electron chi connectivity index (χ3n) is 4.52. The predicted molar refractivity (Wildman–Crippen MR) is 102 cm³/mol. The molecule has 0 aliphatic carbocycles. The van der Waals surface area contributed by atoms with Crippen molar-refractivity contribution in [2.24, 2.45) is 0 Å². The number of halogens is 1. The zero-order valence-corrected chi connectivity index (χ0v) is 15.7. The molecule has 0 aromatic heterocycles. The van der Waals surface area contributed by atoms with Crippen LogP contribution < -0.4 is 10.1 Å². The van der Waals surface area contributed by atoms with Crippen LogP contribution in [-0.2, 0) is 11.2 Å². The van der Waals surface area contributed by atoms with E-state index in [2.05, 4.69) is 24.1 Å². The summed E-state index contributed by atoms with van der Waals surface area (Å²) in [5, 5.41) is 3.02. The molecule has 0 saturated heterocycles. The third-order valence-corrected chi connectivity index (χ3v) is 4.52. The van der Waals surface area contributed by atoms with Gasteiger partial charge in [-0.15, -0.1) is 0 Å².